The summed E-state index contributed by atoms with van der Waals surface area (Å²) in [5.41, 5.74) is 0. The van der Waals surface area contributed by atoms with Gasteiger partial charge in [0.15, 0.2) is 6.10 Å². The first-order chi connectivity index (χ1) is 36.5. The van der Waals surface area contributed by atoms with Crippen molar-refractivity contribution >= 4 is 19.8 Å². The van der Waals surface area contributed by atoms with Gasteiger partial charge in [-0.05, 0) is 77.0 Å². The molecule has 75 heavy (non-hydrogen) atoms. The van der Waals surface area contributed by atoms with Crippen LogP contribution in [0, 0.1) is 0 Å². The number of nitrogens with zero attached hydrogens (tertiary/aromatic N) is 1. The number of phosphoric ester groups is 1. The average molecular weight is 1080 g/mol. The van der Waals surface area contributed by atoms with E-state index in [2.05, 4.69) is 62.5 Å². The number of rotatable bonds is 59. The van der Waals surface area contributed by atoms with E-state index < -0.39 is 26.5 Å². The smallest absolute Gasteiger partial charge is 0.462 e. The zero-order valence-electron chi connectivity index (χ0n) is 50.0. The Bertz CT molecular complexity index is 1410. The molecule has 0 heterocycles. The first-order valence-corrected chi connectivity index (χ1v) is 33.4. The number of unbranched alkanes of at least 4 members (excludes halogenated alkanes) is 37. The molecule has 0 aliphatic rings. The predicted molar refractivity (Wildman–Crippen MR) is 321 cm³/mol. The minimum Gasteiger partial charge on any atom is -0.462 e. The molecule has 0 aliphatic heterocycles. The molecule has 1 N–H and O–H groups in total. The second-order valence-corrected chi connectivity index (χ2v) is 24.2. The topological polar surface area (TPSA) is 108 Å². The van der Waals surface area contributed by atoms with Crippen molar-refractivity contribution in [3.63, 3.8) is 0 Å². The van der Waals surface area contributed by atoms with Crippen LogP contribution < -0.4 is 0 Å². The van der Waals surface area contributed by atoms with Crippen LogP contribution in [-0.2, 0) is 32.7 Å². The molecule has 9 nitrogen and oxygen atoms in total. The largest absolute Gasteiger partial charge is 0.472 e. The molecule has 0 rings (SSSR count). The van der Waals surface area contributed by atoms with Gasteiger partial charge in [0.25, 0.3) is 0 Å². The fourth-order valence-corrected chi connectivity index (χ4v) is 9.88. The summed E-state index contributed by atoms with van der Waals surface area (Å²) in [5, 5.41) is 0. The molecule has 0 fully saturated rings. The van der Waals surface area contributed by atoms with E-state index in [-0.39, 0.29) is 32.0 Å². The van der Waals surface area contributed by atoms with Crippen LogP contribution in [0.3, 0.4) is 0 Å². The summed E-state index contributed by atoms with van der Waals surface area (Å²) in [5.74, 6) is -0.801. The molecule has 440 valence electrons. The number of hydrogen-bond acceptors (Lipinski definition) is 7. The molecule has 0 radical (unpaired) electrons. The molecular weight excluding hydrogens is 954 g/mol. The highest BCUT2D eigenvalue weighted by atomic mass is 31.2. The molecule has 2 unspecified atom stereocenters. The van der Waals surface area contributed by atoms with Gasteiger partial charge in [0.1, 0.15) is 19.8 Å². The van der Waals surface area contributed by atoms with Crippen molar-refractivity contribution in [2.75, 3.05) is 47.5 Å². The molecule has 0 amide bonds. The number of phosphoric acid groups is 1. The van der Waals surface area contributed by atoms with Gasteiger partial charge < -0.3 is 18.9 Å². The summed E-state index contributed by atoms with van der Waals surface area (Å²) in [6.45, 7) is 4.42. The van der Waals surface area contributed by atoms with E-state index in [1.807, 2.05) is 21.1 Å². The van der Waals surface area contributed by atoms with Crippen molar-refractivity contribution in [1.82, 2.24) is 0 Å². The molecule has 2 atom stereocenters. The zero-order chi connectivity index (χ0) is 54.9. The van der Waals surface area contributed by atoms with Crippen LogP contribution >= 0.6 is 7.82 Å². The highest BCUT2D eigenvalue weighted by Crippen LogP contribution is 2.43. The number of quaternary nitrogens is 1. The van der Waals surface area contributed by atoms with Gasteiger partial charge >= 0.3 is 19.8 Å². The maximum absolute atomic E-state index is 12.8. The van der Waals surface area contributed by atoms with Crippen LogP contribution in [0.2, 0.25) is 0 Å². The van der Waals surface area contributed by atoms with E-state index in [4.69, 9.17) is 18.5 Å². The van der Waals surface area contributed by atoms with Crippen LogP contribution in [0.5, 0.6) is 0 Å². The molecular formula is C65H123NO8P+. The van der Waals surface area contributed by atoms with Crippen LogP contribution in [0.1, 0.15) is 303 Å². The molecule has 0 bridgehead atoms. The van der Waals surface area contributed by atoms with Crippen molar-refractivity contribution in [1.29, 1.82) is 0 Å². The van der Waals surface area contributed by atoms with Gasteiger partial charge in [-0.15, -0.1) is 0 Å². The van der Waals surface area contributed by atoms with Gasteiger partial charge in [0.2, 0.25) is 0 Å². The van der Waals surface area contributed by atoms with E-state index >= 15 is 0 Å². The van der Waals surface area contributed by atoms with E-state index in [1.165, 1.54) is 205 Å². The van der Waals surface area contributed by atoms with Crippen LogP contribution in [-0.4, -0.2) is 74.9 Å². The second kappa shape index (κ2) is 56.7. The summed E-state index contributed by atoms with van der Waals surface area (Å²) in [6, 6.07) is 0. The second-order valence-electron chi connectivity index (χ2n) is 22.8. The molecule has 0 saturated heterocycles. The Morgan fingerprint density at radius 1 is 0.413 bits per heavy atom. The van der Waals surface area contributed by atoms with Gasteiger partial charge in [-0.2, -0.15) is 0 Å². The lowest BCUT2D eigenvalue weighted by Gasteiger charge is -2.24. The normalized spacial score (nSPS) is 13.5. The number of likely N-dealkylation sites (N-methyl/N-ethyl adjacent to an activating group) is 1. The number of ether oxygens (including phenoxy) is 2. The molecule has 0 aromatic carbocycles. The first-order valence-electron chi connectivity index (χ1n) is 31.9. The summed E-state index contributed by atoms with van der Waals surface area (Å²) >= 11 is 0. The van der Waals surface area contributed by atoms with E-state index in [1.54, 1.807) is 0 Å². The lowest BCUT2D eigenvalue weighted by molar-refractivity contribution is -0.870. The first kappa shape index (κ1) is 73.0. The molecule has 0 saturated carbocycles. The average Bonchev–Trinajstić information content (AvgIpc) is 3.37. The Morgan fingerprint density at radius 3 is 1.07 bits per heavy atom. The van der Waals surface area contributed by atoms with Crippen molar-refractivity contribution in [3.8, 4) is 0 Å². The van der Waals surface area contributed by atoms with Gasteiger partial charge in [-0.3, -0.25) is 18.6 Å². The highest BCUT2D eigenvalue weighted by Gasteiger charge is 2.27. The van der Waals surface area contributed by atoms with Gasteiger partial charge in [-0.25, -0.2) is 4.57 Å². The van der Waals surface area contributed by atoms with E-state index in [9.17, 15) is 19.0 Å². The van der Waals surface area contributed by atoms with Crippen molar-refractivity contribution < 1.29 is 42.1 Å². The third kappa shape index (κ3) is 61.1. The SMILES string of the molecule is CCCCCC/C=C\C/C=C\CCCCCCCC(=O)OCC(COP(=O)(O)OCC[N+](C)(C)C)OC(=O)CCCCCCCCCCCCCCCCCCCCCCCCC/C=C\C/C=C\CCCCCCC. The summed E-state index contributed by atoms with van der Waals surface area (Å²) < 4.78 is 34.6. The van der Waals surface area contributed by atoms with Gasteiger partial charge in [0.05, 0.1) is 27.7 Å². The van der Waals surface area contributed by atoms with Crippen molar-refractivity contribution in [3.05, 3.63) is 48.6 Å². The molecule has 0 aromatic rings. The lowest BCUT2D eigenvalue weighted by atomic mass is 10.0. The minimum absolute atomic E-state index is 0.0303. The lowest BCUT2D eigenvalue weighted by Crippen LogP contribution is -2.37. The maximum atomic E-state index is 12.8. The standard InChI is InChI=1S/C65H122NO8P/c1-6-8-10-12-14-16-18-20-22-24-25-26-27-28-29-30-31-32-33-34-35-36-37-38-39-40-41-42-44-46-48-50-52-54-56-58-65(68)74-63(62-73-75(69,70)72-60-59-66(3,4)5)61-71-64(67)57-55-53-51-49-47-45-43-23-21-19-17-15-13-11-9-7-2/h17-20,23-25,43,63H,6-16,21-22,26-42,44-62H2,1-5H3/p+1/b19-17-,20-18-,25-24-,43-23-. The zero-order valence-corrected chi connectivity index (χ0v) is 50.9. The number of carbonyl (C=O) groups excluding carboxylic acids is 2. The predicted octanol–water partition coefficient (Wildman–Crippen LogP) is 20.1. The highest BCUT2D eigenvalue weighted by molar-refractivity contribution is 7.47. The molecule has 0 spiro atoms. The summed E-state index contributed by atoms with van der Waals surface area (Å²) in [7, 11) is 1.48. The molecule has 0 aromatic heterocycles. The fourth-order valence-electron chi connectivity index (χ4n) is 9.14. The number of allylic oxidation sites excluding steroid dienone is 8. The Balaban J connectivity index is 3.97. The Labute approximate surface area is 464 Å². The Morgan fingerprint density at radius 2 is 0.720 bits per heavy atom. The van der Waals surface area contributed by atoms with E-state index in [0.717, 1.165) is 64.2 Å². The van der Waals surface area contributed by atoms with Crippen LogP contribution in [0.25, 0.3) is 0 Å². The number of carbonyl (C=O) groups is 2. The van der Waals surface area contributed by atoms with Crippen LogP contribution in [0.4, 0.5) is 0 Å². The summed E-state index contributed by atoms with van der Waals surface area (Å²) in [4.78, 5) is 35.7. The third-order valence-corrected chi connectivity index (χ3v) is 15.1. The number of hydrogen-bond donors (Lipinski definition) is 1. The van der Waals surface area contributed by atoms with Gasteiger partial charge in [-0.1, -0.05) is 262 Å². The maximum Gasteiger partial charge on any atom is 0.472 e. The number of esters is 2. The Kier molecular flexibility index (Phi) is 55.1. The monoisotopic (exact) mass is 1080 g/mol. The third-order valence-electron chi connectivity index (χ3n) is 14.1. The van der Waals surface area contributed by atoms with Crippen molar-refractivity contribution in [2.24, 2.45) is 0 Å². The van der Waals surface area contributed by atoms with Crippen molar-refractivity contribution in [2.45, 2.75) is 309 Å². The van der Waals surface area contributed by atoms with Gasteiger partial charge in [0, 0.05) is 12.8 Å². The quantitative estimate of drug-likeness (QED) is 0.0211. The fraction of sp³-hybridized carbons (Fsp3) is 0.846. The molecule has 0 aliphatic carbocycles. The molecule has 10 heteroatoms. The minimum atomic E-state index is -4.39. The Hall–Kier alpha value is -2.03. The van der Waals surface area contributed by atoms with E-state index in [0.29, 0.717) is 17.4 Å². The van der Waals surface area contributed by atoms with Crippen LogP contribution in [0.15, 0.2) is 48.6 Å². The summed E-state index contributed by atoms with van der Waals surface area (Å²) in [6.07, 6.45) is 72.1.